The molecule has 1 aromatic heterocycles. The van der Waals surface area contributed by atoms with E-state index in [1.54, 1.807) is 11.3 Å². The Labute approximate surface area is 162 Å². The molecule has 0 saturated carbocycles. The van der Waals surface area contributed by atoms with Crippen LogP contribution in [0.25, 0.3) is 0 Å². The summed E-state index contributed by atoms with van der Waals surface area (Å²) in [5, 5.41) is 3.15. The van der Waals surface area contributed by atoms with E-state index in [9.17, 15) is 0 Å². The summed E-state index contributed by atoms with van der Waals surface area (Å²) in [4.78, 5) is 16.4. The van der Waals surface area contributed by atoms with Gasteiger partial charge in [0, 0.05) is 43.8 Å². The Balaban J connectivity index is 1.53. The van der Waals surface area contributed by atoms with Crippen LogP contribution in [0.2, 0.25) is 0 Å². The molecule has 2 saturated heterocycles. The van der Waals surface area contributed by atoms with Gasteiger partial charge in [0.25, 0.3) is 0 Å². The van der Waals surface area contributed by atoms with E-state index >= 15 is 0 Å². The molecule has 2 fully saturated rings. The summed E-state index contributed by atoms with van der Waals surface area (Å²) < 4.78 is 0. The number of aromatic nitrogens is 1. The Morgan fingerprint density at radius 1 is 1.12 bits per heavy atom. The Morgan fingerprint density at radius 2 is 1.81 bits per heavy atom. The van der Waals surface area contributed by atoms with Crippen molar-refractivity contribution < 1.29 is 0 Å². The molecule has 1 unspecified atom stereocenters. The van der Waals surface area contributed by atoms with E-state index in [0.29, 0.717) is 17.9 Å². The highest BCUT2D eigenvalue weighted by Crippen LogP contribution is 2.20. The van der Waals surface area contributed by atoms with E-state index in [0.717, 1.165) is 37.9 Å². The summed E-state index contributed by atoms with van der Waals surface area (Å²) in [6.07, 6.45) is 7.26. The molecule has 0 radical (unpaired) electrons. The van der Waals surface area contributed by atoms with Crippen molar-refractivity contribution in [3.05, 3.63) is 11.6 Å². The van der Waals surface area contributed by atoms with E-state index < -0.39 is 0 Å². The molecular weight excluding hydrogens is 344 g/mol. The molecule has 0 aliphatic carbocycles. The van der Waals surface area contributed by atoms with Crippen LogP contribution in [0, 0.1) is 5.92 Å². The number of nitrogens with two attached hydrogens (primary N) is 1. The number of thiazole rings is 1. The Bertz CT molecular complexity index is 542. The molecule has 6 nitrogen and oxygen atoms in total. The van der Waals surface area contributed by atoms with E-state index in [1.807, 2.05) is 11.6 Å². The number of hydrogen-bond acceptors (Lipinski definition) is 5. The van der Waals surface area contributed by atoms with E-state index in [-0.39, 0.29) is 0 Å². The molecule has 2 aliphatic rings. The topological polar surface area (TPSA) is 61.0 Å². The van der Waals surface area contributed by atoms with Crippen LogP contribution in [0.3, 0.4) is 0 Å². The maximum absolute atomic E-state index is 6.35. The summed E-state index contributed by atoms with van der Waals surface area (Å²) in [6, 6.07) is 0.503. The van der Waals surface area contributed by atoms with Crippen molar-refractivity contribution in [3.8, 4) is 0 Å². The van der Waals surface area contributed by atoms with Gasteiger partial charge in [0.1, 0.15) is 0 Å². The van der Waals surface area contributed by atoms with Crippen LogP contribution in [0.4, 0.5) is 5.13 Å². The van der Waals surface area contributed by atoms with Crippen molar-refractivity contribution in [1.29, 1.82) is 0 Å². The van der Waals surface area contributed by atoms with Crippen LogP contribution in [-0.2, 0) is 0 Å². The summed E-state index contributed by atoms with van der Waals surface area (Å²) >= 11 is 1.70. The van der Waals surface area contributed by atoms with Gasteiger partial charge in [0.05, 0.1) is 6.54 Å². The monoisotopic (exact) mass is 378 g/mol. The standard InChI is InChI=1S/C19H34N6S/c1-16(2)17(23-8-5-3-4-6-9-23)15-22-18(20)24-10-12-25(13-11-24)19-21-7-14-26-19/h7,14,16-17H,3-6,8-13,15H2,1-2H3,(H2,20,22). The third kappa shape index (κ3) is 5.10. The van der Waals surface area contributed by atoms with Crippen LogP contribution in [-0.4, -0.2) is 72.6 Å². The van der Waals surface area contributed by atoms with Gasteiger partial charge in [-0.15, -0.1) is 11.3 Å². The van der Waals surface area contributed by atoms with Crippen LogP contribution in [0.5, 0.6) is 0 Å². The zero-order valence-electron chi connectivity index (χ0n) is 16.3. The second-order valence-electron chi connectivity index (χ2n) is 7.75. The third-order valence-electron chi connectivity index (χ3n) is 5.61. The van der Waals surface area contributed by atoms with Gasteiger partial charge in [0.2, 0.25) is 0 Å². The second-order valence-corrected chi connectivity index (χ2v) is 8.62. The van der Waals surface area contributed by atoms with Gasteiger partial charge in [-0.05, 0) is 31.8 Å². The number of rotatable bonds is 5. The van der Waals surface area contributed by atoms with Crippen LogP contribution in [0.1, 0.15) is 39.5 Å². The first-order valence-corrected chi connectivity index (χ1v) is 11.0. The van der Waals surface area contributed by atoms with Gasteiger partial charge in [-0.25, -0.2) is 4.98 Å². The molecule has 1 atom stereocenters. The van der Waals surface area contributed by atoms with Gasteiger partial charge in [0.15, 0.2) is 11.1 Å². The average molecular weight is 379 g/mol. The lowest BCUT2D eigenvalue weighted by atomic mass is 10.0. The number of anilines is 1. The van der Waals surface area contributed by atoms with Crippen molar-refractivity contribution in [2.45, 2.75) is 45.6 Å². The molecule has 7 heteroatoms. The largest absolute Gasteiger partial charge is 0.370 e. The maximum Gasteiger partial charge on any atom is 0.191 e. The number of piperazine rings is 1. The fourth-order valence-corrected chi connectivity index (χ4v) is 4.66. The number of nitrogens with zero attached hydrogens (tertiary/aromatic N) is 5. The van der Waals surface area contributed by atoms with Crippen LogP contribution >= 0.6 is 11.3 Å². The van der Waals surface area contributed by atoms with Gasteiger partial charge >= 0.3 is 0 Å². The lowest BCUT2D eigenvalue weighted by Crippen LogP contribution is -2.51. The number of likely N-dealkylation sites (tertiary alicyclic amines) is 1. The molecule has 0 bridgehead atoms. The minimum absolute atomic E-state index is 0.503. The predicted molar refractivity (Wildman–Crippen MR) is 111 cm³/mol. The molecule has 146 valence electrons. The minimum atomic E-state index is 0.503. The first kappa shape index (κ1) is 19.4. The quantitative estimate of drug-likeness (QED) is 0.630. The molecule has 0 spiro atoms. The summed E-state index contributed by atoms with van der Waals surface area (Å²) in [5.41, 5.74) is 6.35. The van der Waals surface area contributed by atoms with E-state index in [4.69, 9.17) is 10.7 Å². The van der Waals surface area contributed by atoms with E-state index in [1.165, 1.54) is 38.8 Å². The Kier molecular flexibility index (Phi) is 7.14. The zero-order valence-corrected chi connectivity index (χ0v) is 17.1. The Hall–Kier alpha value is -1.34. The maximum atomic E-state index is 6.35. The fourth-order valence-electron chi connectivity index (χ4n) is 3.96. The van der Waals surface area contributed by atoms with Crippen LogP contribution < -0.4 is 10.6 Å². The minimum Gasteiger partial charge on any atom is -0.370 e. The molecule has 2 N–H and O–H groups in total. The van der Waals surface area contributed by atoms with Crippen LogP contribution in [0.15, 0.2) is 16.6 Å². The van der Waals surface area contributed by atoms with Gasteiger partial charge in [-0.2, -0.15) is 0 Å². The number of hydrogen-bond donors (Lipinski definition) is 1. The lowest BCUT2D eigenvalue weighted by molar-refractivity contribution is 0.165. The highest BCUT2D eigenvalue weighted by atomic mass is 32.1. The molecule has 0 aromatic carbocycles. The SMILES string of the molecule is CC(C)C(CN=C(N)N1CCN(c2nccs2)CC1)N1CCCCCC1. The highest BCUT2D eigenvalue weighted by molar-refractivity contribution is 7.13. The normalized spacial score (nSPS) is 21.9. The first-order chi connectivity index (χ1) is 12.6. The average Bonchev–Trinajstić information content (AvgIpc) is 3.06. The summed E-state index contributed by atoms with van der Waals surface area (Å²) in [7, 11) is 0. The third-order valence-corrected chi connectivity index (χ3v) is 6.45. The second kappa shape index (κ2) is 9.55. The summed E-state index contributed by atoms with van der Waals surface area (Å²) in [5.74, 6) is 1.32. The van der Waals surface area contributed by atoms with Crippen molar-refractivity contribution in [3.63, 3.8) is 0 Å². The predicted octanol–water partition coefficient (Wildman–Crippen LogP) is 2.48. The smallest absolute Gasteiger partial charge is 0.191 e. The molecule has 26 heavy (non-hydrogen) atoms. The molecular formula is C19H34N6S. The number of guanidine groups is 1. The number of aliphatic imine (C=N–C) groups is 1. The van der Waals surface area contributed by atoms with Gasteiger partial charge in [-0.3, -0.25) is 9.89 Å². The lowest BCUT2D eigenvalue weighted by Gasteiger charge is -2.36. The molecule has 3 rings (SSSR count). The van der Waals surface area contributed by atoms with Crippen molar-refractivity contribution in [1.82, 2.24) is 14.8 Å². The Morgan fingerprint density at radius 3 is 2.38 bits per heavy atom. The van der Waals surface area contributed by atoms with E-state index in [2.05, 4.69) is 33.5 Å². The zero-order chi connectivity index (χ0) is 18.4. The molecule has 1 aromatic rings. The first-order valence-electron chi connectivity index (χ1n) is 10.1. The summed E-state index contributed by atoms with van der Waals surface area (Å²) in [6.45, 7) is 11.6. The van der Waals surface area contributed by atoms with Gasteiger partial charge < -0.3 is 15.5 Å². The van der Waals surface area contributed by atoms with Crippen molar-refractivity contribution >= 4 is 22.4 Å². The van der Waals surface area contributed by atoms with Crippen molar-refractivity contribution in [2.75, 3.05) is 50.7 Å². The van der Waals surface area contributed by atoms with Crippen molar-refractivity contribution in [2.24, 2.45) is 16.6 Å². The molecule has 3 heterocycles. The fraction of sp³-hybridized carbons (Fsp3) is 0.789. The van der Waals surface area contributed by atoms with Gasteiger partial charge in [-0.1, -0.05) is 26.7 Å². The highest BCUT2D eigenvalue weighted by Gasteiger charge is 2.24. The molecule has 2 aliphatic heterocycles. The molecule has 0 amide bonds.